The van der Waals surface area contributed by atoms with Gasteiger partial charge in [-0.1, -0.05) is 13.8 Å². The fraction of sp³-hybridized carbons (Fsp3) is 0.714. The first-order chi connectivity index (χ1) is 7.61. The van der Waals surface area contributed by atoms with E-state index in [-0.39, 0.29) is 0 Å². The Balaban J connectivity index is 2.80. The Bertz CT molecular complexity index is 326. The average Bonchev–Trinajstić information content (AvgIpc) is 2.54. The summed E-state index contributed by atoms with van der Waals surface area (Å²) in [5.41, 5.74) is 4.27. The van der Waals surface area contributed by atoms with Gasteiger partial charge in [-0.05, 0) is 51.8 Å². The molecule has 2 heteroatoms. The molecule has 1 heterocycles. The van der Waals surface area contributed by atoms with E-state index in [1.54, 1.807) is 0 Å². The molecule has 92 valence electrons. The van der Waals surface area contributed by atoms with Crippen LogP contribution >= 0.6 is 0 Å². The zero-order valence-corrected chi connectivity index (χ0v) is 11.4. The van der Waals surface area contributed by atoms with Crippen LogP contribution in [0.1, 0.15) is 56.6 Å². The molecule has 0 bridgehead atoms. The van der Waals surface area contributed by atoms with E-state index >= 15 is 0 Å². The SMILES string of the molecule is CCCNCc1cc(C)n(C(C)CC)c1C. The number of hydrogen-bond acceptors (Lipinski definition) is 1. The lowest BCUT2D eigenvalue weighted by molar-refractivity contribution is 0.509. The van der Waals surface area contributed by atoms with Gasteiger partial charge in [0.2, 0.25) is 0 Å². The zero-order chi connectivity index (χ0) is 12.1. The van der Waals surface area contributed by atoms with Crippen molar-refractivity contribution in [2.45, 2.75) is 60.0 Å². The van der Waals surface area contributed by atoms with E-state index in [1.807, 2.05) is 0 Å². The molecule has 0 aliphatic rings. The summed E-state index contributed by atoms with van der Waals surface area (Å²) in [6, 6.07) is 2.93. The summed E-state index contributed by atoms with van der Waals surface area (Å²) in [5, 5.41) is 3.48. The van der Waals surface area contributed by atoms with Crippen molar-refractivity contribution in [2.75, 3.05) is 6.54 Å². The Morgan fingerprint density at radius 1 is 1.31 bits per heavy atom. The third-order valence-corrected chi connectivity index (χ3v) is 3.36. The van der Waals surface area contributed by atoms with Gasteiger partial charge in [0.05, 0.1) is 0 Å². The summed E-state index contributed by atoms with van der Waals surface area (Å²) in [6.07, 6.45) is 2.39. The molecular weight excluding hydrogens is 196 g/mol. The molecular formula is C14H26N2. The molecule has 0 saturated carbocycles. The maximum absolute atomic E-state index is 3.48. The maximum atomic E-state index is 3.48. The van der Waals surface area contributed by atoms with Crippen LogP contribution in [-0.2, 0) is 6.54 Å². The predicted molar refractivity (Wildman–Crippen MR) is 70.9 cm³/mol. The number of nitrogens with zero attached hydrogens (tertiary/aromatic N) is 1. The molecule has 0 spiro atoms. The summed E-state index contributed by atoms with van der Waals surface area (Å²) < 4.78 is 2.46. The molecule has 1 aromatic rings. The van der Waals surface area contributed by atoms with Crippen LogP contribution in [0.5, 0.6) is 0 Å². The molecule has 16 heavy (non-hydrogen) atoms. The van der Waals surface area contributed by atoms with Crippen molar-refractivity contribution in [3.63, 3.8) is 0 Å². The van der Waals surface area contributed by atoms with Gasteiger partial charge in [-0.15, -0.1) is 0 Å². The van der Waals surface area contributed by atoms with Crippen molar-refractivity contribution >= 4 is 0 Å². The van der Waals surface area contributed by atoms with Crippen molar-refractivity contribution in [3.8, 4) is 0 Å². The smallest absolute Gasteiger partial charge is 0.0305 e. The van der Waals surface area contributed by atoms with Gasteiger partial charge in [0.15, 0.2) is 0 Å². The molecule has 1 atom stereocenters. The lowest BCUT2D eigenvalue weighted by Crippen LogP contribution is -2.15. The van der Waals surface area contributed by atoms with Gasteiger partial charge in [-0.3, -0.25) is 0 Å². The second-order valence-electron chi connectivity index (χ2n) is 4.70. The first kappa shape index (κ1) is 13.3. The number of nitrogens with one attached hydrogen (secondary N) is 1. The standard InChI is InChI=1S/C14H26N2/c1-6-8-15-10-14-9-12(4)16(13(14)5)11(3)7-2/h9,11,15H,6-8,10H2,1-5H3. The zero-order valence-electron chi connectivity index (χ0n) is 11.4. The van der Waals surface area contributed by atoms with Gasteiger partial charge in [0, 0.05) is 24.0 Å². The van der Waals surface area contributed by atoms with Gasteiger partial charge in [0.1, 0.15) is 0 Å². The minimum Gasteiger partial charge on any atom is -0.346 e. The summed E-state index contributed by atoms with van der Waals surface area (Å²) in [4.78, 5) is 0. The second-order valence-corrected chi connectivity index (χ2v) is 4.70. The van der Waals surface area contributed by atoms with Crippen molar-refractivity contribution in [3.05, 3.63) is 23.0 Å². The monoisotopic (exact) mass is 222 g/mol. The molecule has 0 aromatic carbocycles. The first-order valence-electron chi connectivity index (χ1n) is 6.49. The van der Waals surface area contributed by atoms with Crippen molar-refractivity contribution in [1.82, 2.24) is 9.88 Å². The van der Waals surface area contributed by atoms with Gasteiger partial charge in [-0.2, -0.15) is 0 Å². The normalized spacial score (nSPS) is 13.1. The van der Waals surface area contributed by atoms with Crippen LogP contribution in [0.3, 0.4) is 0 Å². The molecule has 0 aliphatic carbocycles. The summed E-state index contributed by atoms with van der Waals surface area (Å²) in [7, 11) is 0. The second kappa shape index (κ2) is 6.09. The highest BCUT2D eigenvalue weighted by Gasteiger charge is 2.12. The highest BCUT2D eigenvalue weighted by Crippen LogP contribution is 2.22. The third kappa shape index (κ3) is 2.88. The molecule has 1 aromatic heterocycles. The van der Waals surface area contributed by atoms with Crippen molar-refractivity contribution in [2.24, 2.45) is 0 Å². The Hall–Kier alpha value is -0.760. The van der Waals surface area contributed by atoms with Crippen LogP contribution in [0.4, 0.5) is 0 Å². The van der Waals surface area contributed by atoms with E-state index < -0.39 is 0 Å². The van der Waals surface area contributed by atoms with Gasteiger partial charge in [0.25, 0.3) is 0 Å². The lowest BCUT2D eigenvalue weighted by atomic mass is 10.2. The Morgan fingerprint density at radius 2 is 2.00 bits per heavy atom. The molecule has 2 nitrogen and oxygen atoms in total. The molecule has 1 N–H and O–H groups in total. The molecule has 0 fully saturated rings. The minimum absolute atomic E-state index is 0.611. The molecule has 0 amide bonds. The molecule has 1 rings (SSSR count). The molecule has 0 aliphatic heterocycles. The fourth-order valence-corrected chi connectivity index (χ4v) is 2.28. The van der Waals surface area contributed by atoms with Crippen LogP contribution in [0.15, 0.2) is 6.07 Å². The molecule has 1 unspecified atom stereocenters. The van der Waals surface area contributed by atoms with E-state index in [0.717, 1.165) is 13.1 Å². The number of rotatable bonds is 6. The van der Waals surface area contributed by atoms with Gasteiger partial charge < -0.3 is 9.88 Å². The first-order valence-corrected chi connectivity index (χ1v) is 6.49. The minimum atomic E-state index is 0.611. The van der Waals surface area contributed by atoms with E-state index in [1.165, 1.54) is 29.8 Å². The van der Waals surface area contributed by atoms with Crippen LogP contribution in [-0.4, -0.2) is 11.1 Å². The fourth-order valence-electron chi connectivity index (χ4n) is 2.28. The summed E-state index contributed by atoms with van der Waals surface area (Å²) in [6.45, 7) is 13.3. The van der Waals surface area contributed by atoms with Crippen LogP contribution in [0.2, 0.25) is 0 Å². The van der Waals surface area contributed by atoms with E-state index in [0.29, 0.717) is 6.04 Å². The number of aryl methyl sites for hydroxylation is 1. The van der Waals surface area contributed by atoms with Crippen molar-refractivity contribution in [1.29, 1.82) is 0 Å². The summed E-state index contributed by atoms with van der Waals surface area (Å²) in [5.74, 6) is 0. The van der Waals surface area contributed by atoms with E-state index in [9.17, 15) is 0 Å². The molecule has 0 saturated heterocycles. The topological polar surface area (TPSA) is 17.0 Å². The largest absolute Gasteiger partial charge is 0.346 e. The average molecular weight is 222 g/mol. The lowest BCUT2D eigenvalue weighted by Gasteiger charge is -2.17. The van der Waals surface area contributed by atoms with Gasteiger partial charge >= 0.3 is 0 Å². The highest BCUT2D eigenvalue weighted by molar-refractivity contribution is 5.27. The predicted octanol–water partition coefficient (Wildman–Crippen LogP) is 3.58. The Morgan fingerprint density at radius 3 is 2.56 bits per heavy atom. The summed E-state index contributed by atoms with van der Waals surface area (Å²) >= 11 is 0. The third-order valence-electron chi connectivity index (χ3n) is 3.36. The maximum Gasteiger partial charge on any atom is 0.0305 e. The van der Waals surface area contributed by atoms with Crippen molar-refractivity contribution < 1.29 is 0 Å². The quantitative estimate of drug-likeness (QED) is 0.728. The van der Waals surface area contributed by atoms with Crippen LogP contribution < -0.4 is 5.32 Å². The highest BCUT2D eigenvalue weighted by atomic mass is 15.0. The Labute approximate surface area is 100 Å². The molecule has 0 radical (unpaired) electrons. The Kier molecular flexibility index (Phi) is 5.07. The van der Waals surface area contributed by atoms with Gasteiger partial charge in [-0.25, -0.2) is 0 Å². The van der Waals surface area contributed by atoms with Crippen LogP contribution in [0.25, 0.3) is 0 Å². The van der Waals surface area contributed by atoms with Crippen LogP contribution in [0, 0.1) is 13.8 Å². The number of hydrogen-bond donors (Lipinski definition) is 1. The number of aromatic nitrogens is 1. The van der Waals surface area contributed by atoms with E-state index in [4.69, 9.17) is 0 Å². The van der Waals surface area contributed by atoms with E-state index in [2.05, 4.69) is 50.6 Å².